The van der Waals surface area contributed by atoms with E-state index in [0.717, 1.165) is 0 Å². The summed E-state index contributed by atoms with van der Waals surface area (Å²) in [6, 6.07) is 15.8. The van der Waals surface area contributed by atoms with Crippen LogP contribution in [-0.2, 0) is 38.0 Å². The summed E-state index contributed by atoms with van der Waals surface area (Å²) in [4.78, 5) is 37.0. The number of rotatable bonds is 21. The van der Waals surface area contributed by atoms with Crippen LogP contribution < -0.4 is 10.6 Å². The van der Waals surface area contributed by atoms with E-state index >= 15 is 0 Å². The monoisotopic (exact) mass is 656 g/mol. The summed E-state index contributed by atoms with van der Waals surface area (Å²) in [6.07, 6.45) is 0.177. The van der Waals surface area contributed by atoms with E-state index < -0.39 is 23.7 Å². The number of hydrogen-bond donors (Lipinski definition) is 2. The fourth-order valence-electron chi connectivity index (χ4n) is 5.13. The molecule has 2 aromatic rings. The molecule has 11 nitrogen and oxygen atoms in total. The molecule has 0 heterocycles. The van der Waals surface area contributed by atoms with Crippen molar-refractivity contribution in [2.75, 3.05) is 66.0 Å². The minimum atomic E-state index is -0.679. The zero-order valence-electron chi connectivity index (χ0n) is 28.5. The number of amides is 2. The molecule has 0 aromatic heterocycles. The standard InChI is InChI=1S/C36H52N2O9/c1-26(2)24-32(34(40)47-36(3,4)5)38-33(39)14-16-42-18-20-44-22-23-45-21-19-43-17-15-37-35(41)46-25-31-29-12-8-6-10-27(29)28-11-7-9-13-30(28)31/h6-13,26,31-32H,14-25H2,1-5H3,(H,37,41)(H,38,39)/t32-/m0/s1. The molecule has 1 aliphatic carbocycles. The van der Waals surface area contributed by atoms with E-state index in [4.69, 9.17) is 28.4 Å². The summed E-state index contributed by atoms with van der Waals surface area (Å²) in [5.74, 6) is -0.432. The molecule has 1 atom stereocenters. The Labute approximate surface area is 279 Å². The van der Waals surface area contributed by atoms with Crippen molar-refractivity contribution in [3.63, 3.8) is 0 Å². The van der Waals surface area contributed by atoms with Crippen molar-refractivity contribution in [3.8, 4) is 11.1 Å². The highest BCUT2D eigenvalue weighted by molar-refractivity contribution is 5.84. The Bertz CT molecular complexity index is 1220. The van der Waals surface area contributed by atoms with Crippen molar-refractivity contribution in [3.05, 3.63) is 59.7 Å². The molecule has 0 unspecified atom stereocenters. The van der Waals surface area contributed by atoms with Crippen LogP contribution >= 0.6 is 0 Å². The first-order chi connectivity index (χ1) is 22.5. The predicted molar refractivity (Wildman–Crippen MR) is 178 cm³/mol. The van der Waals surface area contributed by atoms with Crippen molar-refractivity contribution in [2.45, 2.75) is 65.0 Å². The minimum Gasteiger partial charge on any atom is -0.458 e. The Morgan fingerprint density at radius 3 is 1.79 bits per heavy atom. The van der Waals surface area contributed by atoms with Crippen molar-refractivity contribution in [2.24, 2.45) is 5.92 Å². The van der Waals surface area contributed by atoms with Gasteiger partial charge in [-0.3, -0.25) is 4.79 Å². The highest BCUT2D eigenvalue weighted by Gasteiger charge is 2.29. The third kappa shape index (κ3) is 14.0. The maximum absolute atomic E-state index is 12.4. The smallest absolute Gasteiger partial charge is 0.407 e. The molecule has 0 aliphatic heterocycles. The van der Waals surface area contributed by atoms with Gasteiger partial charge in [0.25, 0.3) is 0 Å². The molecule has 2 N–H and O–H groups in total. The Morgan fingerprint density at radius 1 is 0.745 bits per heavy atom. The van der Waals surface area contributed by atoms with Crippen LogP contribution in [0, 0.1) is 5.92 Å². The van der Waals surface area contributed by atoms with Gasteiger partial charge in [0.05, 0.1) is 52.9 Å². The number of carbonyl (C=O) groups excluding carboxylic acids is 3. The number of fused-ring (bicyclic) bond motifs is 3. The van der Waals surface area contributed by atoms with Crippen LogP contribution in [0.5, 0.6) is 0 Å². The van der Waals surface area contributed by atoms with Crippen LogP contribution in [0.4, 0.5) is 4.79 Å². The van der Waals surface area contributed by atoms with Crippen LogP contribution in [0.1, 0.15) is 64.5 Å². The first kappa shape index (κ1) is 37.9. The van der Waals surface area contributed by atoms with Gasteiger partial charge in [0, 0.05) is 18.9 Å². The van der Waals surface area contributed by atoms with Gasteiger partial charge in [0.1, 0.15) is 18.2 Å². The molecular weight excluding hydrogens is 604 g/mol. The Balaban J connectivity index is 1.12. The van der Waals surface area contributed by atoms with Crippen LogP contribution in [0.25, 0.3) is 11.1 Å². The second-order valence-electron chi connectivity index (χ2n) is 12.7. The summed E-state index contributed by atoms with van der Waals surface area (Å²) < 4.78 is 32.9. The Morgan fingerprint density at radius 2 is 1.26 bits per heavy atom. The first-order valence-electron chi connectivity index (χ1n) is 16.5. The van der Waals surface area contributed by atoms with Gasteiger partial charge in [-0.05, 0) is 55.4 Å². The van der Waals surface area contributed by atoms with Gasteiger partial charge in [-0.2, -0.15) is 0 Å². The lowest BCUT2D eigenvalue weighted by atomic mass is 9.98. The number of nitrogens with one attached hydrogen (secondary N) is 2. The van der Waals surface area contributed by atoms with Gasteiger partial charge in [0.2, 0.25) is 5.91 Å². The molecule has 0 spiro atoms. The average Bonchev–Trinajstić information content (AvgIpc) is 3.34. The van der Waals surface area contributed by atoms with E-state index in [2.05, 4.69) is 34.9 Å². The molecule has 3 rings (SSSR count). The minimum absolute atomic E-state index is 0.0255. The van der Waals surface area contributed by atoms with E-state index in [9.17, 15) is 14.4 Å². The highest BCUT2D eigenvalue weighted by Crippen LogP contribution is 2.44. The van der Waals surface area contributed by atoms with Crippen LogP contribution in [0.2, 0.25) is 0 Å². The van der Waals surface area contributed by atoms with E-state index in [1.54, 1.807) is 20.8 Å². The molecule has 0 bridgehead atoms. The predicted octanol–water partition coefficient (Wildman–Crippen LogP) is 4.85. The Hall–Kier alpha value is -3.51. The average molecular weight is 657 g/mol. The zero-order valence-corrected chi connectivity index (χ0v) is 28.5. The van der Waals surface area contributed by atoms with E-state index in [-0.39, 0.29) is 37.4 Å². The number of esters is 1. The maximum Gasteiger partial charge on any atom is 0.407 e. The largest absolute Gasteiger partial charge is 0.458 e. The molecule has 0 radical (unpaired) electrons. The molecule has 2 amide bonds. The van der Waals surface area contributed by atoms with Gasteiger partial charge >= 0.3 is 12.1 Å². The second kappa shape index (κ2) is 20.0. The molecule has 260 valence electrons. The molecule has 0 saturated carbocycles. The fourth-order valence-corrected chi connectivity index (χ4v) is 5.13. The molecular formula is C36H52N2O9. The normalized spacial score (nSPS) is 13.1. The van der Waals surface area contributed by atoms with Gasteiger partial charge in [-0.15, -0.1) is 0 Å². The first-order valence-corrected chi connectivity index (χ1v) is 16.5. The number of benzene rings is 2. The summed E-state index contributed by atoms with van der Waals surface area (Å²) >= 11 is 0. The summed E-state index contributed by atoms with van der Waals surface area (Å²) in [7, 11) is 0. The molecule has 0 fully saturated rings. The van der Waals surface area contributed by atoms with Gasteiger partial charge in [-0.25, -0.2) is 9.59 Å². The van der Waals surface area contributed by atoms with Crippen molar-refractivity contribution >= 4 is 18.0 Å². The topological polar surface area (TPSA) is 131 Å². The summed E-state index contributed by atoms with van der Waals surface area (Å²) in [6.45, 7) is 12.9. The van der Waals surface area contributed by atoms with Gasteiger partial charge in [0.15, 0.2) is 0 Å². The summed E-state index contributed by atoms with van der Waals surface area (Å²) in [5, 5.41) is 5.49. The van der Waals surface area contributed by atoms with Crippen LogP contribution in [0.15, 0.2) is 48.5 Å². The third-order valence-electron chi connectivity index (χ3n) is 7.18. The van der Waals surface area contributed by atoms with Crippen molar-refractivity contribution in [1.29, 1.82) is 0 Å². The Kier molecular flexibility index (Phi) is 16.1. The van der Waals surface area contributed by atoms with Gasteiger partial charge in [-0.1, -0.05) is 62.4 Å². The fraction of sp³-hybridized carbons (Fsp3) is 0.583. The SMILES string of the molecule is CC(C)C[C@H](NC(=O)CCOCCOCCOCCOCCNC(=O)OCC1c2ccccc2-c2ccccc21)C(=O)OC(C)(C)C. The van der Waals surface area contributed by atoms with Crippen molar-refractivity contribution in [1.82, 2.24) is 10.6 Å². The quantitative estimate of drug-likeness (QED) is 0.143. The molecule has 2 aromatic carbocycles. The number of alkyl carbamates (subject to hydrolysis) is 1. The van der Waals surface area contributed by atoms with Crippen LogP contribution in [-0.4, -0.2) is 95.6 Å². The molecule has 1 aliphatic rings. The number of hydrogen-bond acceptors (Lipinski definition) is 9. The number of carbonyl (C=O) groups is 3. The summed E-state index contributed by atoms with van der Waals surface area (Å²) in [5.41, 5.74) is 4.12. The molecule has 0 saturated heterocycles. The third-order valence-corrected chi connectivity index (χ3v) is 7.18. The van der Waals surface area contributed by atoms with E-state index in [0.29, 0.717) is 59.2 Å². The lowest BCUT2D eigenvalue weighted by Crippen LogP contribution is -2.45. The van der Waals surface area contributed by atoms with Gasteiger partial charge < -0.3 is 39.1 Å². The lowest BCUT2D eigenvalue weighted by Gasteiger charge is -2.25. The van der Waals surface area contributed by atoms with E-state index in [1.807, 2.05) is 38.1 Å². The van der Waals surface area contributed by atoms with Crippen molar-refractivity contribution < 1.29 is 42.8 Å². The molecule has 47 heavy (non-hydrogen) atoms. The maximum atomic E-state index is 12.4. The molecule has 11 heteroatoms. The number of ether oxygens (including phenoxy) is 6. The van der Waals surface area contributed by atoms with Crippen LogP contribution in [0.3, 0.4) is 0 Å². The zero-order chi connectivity index (χ0) is 34.1. The highest BCUT2D eigenvalue weighted by atomic mass is 16.6. The lowest BCUT2D eigenvalue weighted by molar-refractivity contribution is -0.159. The second-order valence-corrected chi connectivity index (χ2v) is 12.7. The van der Waals surface area contributed by atoms with E-state index in [1.165, 1.54) is 22.3 Å².